The predicted octanol–water partition coefficient (Wildman–Crippen LogP) is 20.9. The van der Waals surface area contributed by atoms with Crippen molar-refractivity contribution >= 4 is 5.91 Å². The normalized spacial score (nSPS) is 13.8. The number of nitrogens with one attached hydrogen (secondary N) is 1. The molecule has 0 rings (SSSR count). The van der Waals surface area contributed by atoms with Gasteiger partial charge in [-0.05, 0) is 89.9 Å². The molecule has 0 bridgehead atoms. The van der Waals surface area contributed by atoms with Crippen LogP contribution in [0.5, 0.6) is 0 Å². The van der Waals surface area contributed by atoms with E-state index in [0.29, 0.717) is 19.3 Å². The van der Waals surface area contributed by atoms with Gasteiger partial charge in [0.2, 0.25) is 5.91 Å². The zero-order chi connectivity index (χ0) is 55.1. The zero-order valence-electron chi connectivity index (χ0n) is 51.0. The Balaban J connectivity index is 3.57. The molecule has 4 atom stereocenters. The lowest BCUT2D eigenvalue weighted by Crippen LogP contribution is -2.53. The Morgan fingerprint density at radius 1 is 0.316 bits per heavy atom. The monoisotopic (exact) mass is 1070 g/mol. The molecular formula is C70H133NO5. The Labute approximate surface area is 474 Å². The maximum Gasteiger partial charge on any atom is 0.249 e. The van der Waals surface area contributed by atoms with E-state index in [0.717, 1.165) is 51.4 Å². The first-order valence-corrected chi connectivity index (χ1v) is 34.0. The lowest BCUT2D eigenvalue weighted by molar-refractivity contribution is -0.132. The fourth-order valence-corrected chi connectivity index (χ4v) is 10.7. The van der Waals surface area contributed by atoms with Crippen LogP contribution in [-0.4, -0.2) is 57.3 Å². The fraction of sp³-hybridized carbons (Fsp3) is 0.871. The molecule has 5 N–H and O–H groups in total. The third-order valence-corrected chi connectivity index (χ3v) is 16.0. The van der Waals surface area contributed by atoms with E-state index in [1.807, 2.05) is 0 Å². The Kier molecular flexibility index (Phi) is 62.6. The second-order valence-electron chi connectivity index (χ2n) is 23.5. The summed E-state index contributed by atoms with van der Waals surface area (Å²) in [5.74, 6) is -0.595. The topological polar surface area (TPSA) is 110 Å². The van der Waals surface area contributed by atoms with E-state index in [9.17, 15) is 25.2 Å². The van der Waals surface area contributed by atoms with Crippen LogP contribution < -0.4 is 5.32 Å². The molecule has 0 radical (unpaired) electrons. The van der Waals surface area contributed by atoms with Gasteiger partial charge in [-0.3, -0.25) is 4.79 Å². The number of hydrogen-bond donors (Lipinski definition) is 5. The molecule has 0 fully saturated rings. The summed E-state index contributed by atoms with van der Waals surface area (Å²) in [5, 5.41) is 44.1. The fourth-order valence-electron chi connectivity index (χ4n) is 10.7. The number of hydrogen-bond acceptors (Lipinski definition) is 5. The van der Waals surface area contributed by atoms with E-state index in [2.05, 4.69) is 67.8 Å². The number of carbonyl (C=O) groups is 1. The minimum Gasteiger partial charge on any atom is -0.394 e. The molecule has 76 heavy (non-hydrogen) atoms. The van der Waals surface area contributed by atoms with Crippen LogP contribution in [0.3, 0.4) is 0 Å². The van der Waals surface area contributed by atoms with Crippen molar-refractivity contribution in [2.45, 2.75) is 385 Å². The first kappa shape index (κ1) is 74.3. The predicted molar refractivity (Wildman–Crippen MR) is 334 cm³/mol. The third kappa shape index (κ3) is 57.0. The quantitative estimate of drug-likeness (QED) is 0.0308. The van der Waals surface area contributed by atoms with Gasteiger partial charge in [-0.1, -0.05) is 319 Å². The molecule has 4 unspecified atom stereocenters. The SMILES string of the molecule is CCCCCCCCCCC/C=C/CC/C=C/CC/C=C/CCCC(O)C(O)C(CO)NC(=O)C(O)CCCCCCCCCCCCCCCCCC/C=C\CCCCCCCCCCCCCCCCCCCC. The van der Waals surface area contributed by atoms with Crippen molar-refractivity contribution in [2.24, 2.45) is 0 Å². The van der Waals surface area contributed by atoms with Crippen LogP contribution in [0.25, 0.3) is 0 Å². The maximum atomic E-state index is 12.6. The average Bonchev–Trinajstić information content (AvgIpc) is 3.42. The molecule has 0 saturated heterocycles. The van der Waals surface area contributed by atoms with E-state index in [1.54, 1.807) is 0 Å². The van der Waals surface area contributed by atoms with Crippen molar-refractivity contribution in [1.82, 2.24) is 5.32 Å². The number of aliphatic hydroxyl groups excluding tert-OH is 4. The highest BCUT2D eigenvalue weighted by atomic mass is 16.3. The van der Waals surface area contributed by atoms with Crippen LogP contribution in [0.15, 0.2) is 48.6 Å². The van der Waals surface area contributed by atoms with Crippen LogP contribution in [0.4, 0.5) is 0 Å². The van der Waals surface area contributed by atoms with Crippen LogP contribution in [0.1, 0.15) is 361 Å². The van der Waals surface area contributed by atoms with Crippen LogP contribution in [0, 0.1) is 0 Å². The molecule has 0 aromatic carbocycles. The van der Waals surface area contributed by atoms with Crippen molar-refractivity contribution in [3.05, 3.63) is 48.6 Å². The first-order chi connectivity index (χ1) is 37.5. The third-order valence-electron chi connectivity index (χ3n) is 16.0. The largest absolute Gasteiger partial charge is 0.394 e. The maximum absolute atomic E-state index is 12.6. The van der Waals surface area contributed by atoms with Gasteiger partial charge in [0.25, 0.3) is 0 Å². The van der Waals surface area contributed by atoms with Crippen molar-refractivity contribution in [1.29, 1.82) is 0 Å². The van der Waals surface area contributed by atoms with E-state index < -0.39 is 36.9 Å². The molecule has 1 amide bonds. The standard InChI is InChI=1S/C70H133NO5/c1-3-5-7-9-11-13-15-17-19-21-23-25-27-28-29-30-31-32-33-34-35-36-37-38-39-40-41-42-44-46-48-50-52-54-56-58-60-62-64-68(74)70(76)71-66(65-72)69(75)67(73)63-61-59-57-55-53-51-49-47-45-43-26-24-22-20-18-16-14-12-10-8-6-4-2/h24,26,34-35,47,49,55,57,66-69,72-75H,3-23,25,27-33,36-46,48,50-54,56,58-65H2,1-2H3,(H,71,76)/b26-24+,35-34-,49-47+,57-55+. The number of carbonyl (C=O) groups excluding carboxylic acids is 1. The van der Waals surface area contributed by atoms with E-state index in [1.165, 1.54) is 276 Å². The molecule has 0 aliphatic carbocycles. The van der Waals surface area contributed by atoms with Gasteiger partial charge in [-0.25, -0.2) is 0 Å². The average molecular weight is 1070 g/mol. The van der Waals surface area contributed by atoms with Crippen LogP contribution in [-0.2, 0) is 4.79 Å². The summed E-state index contributed by atoms with van der Waals surface area (Å²) in [6.45, 7) is 4.08. The smallest absolute Gasteiger partial charge is 0.249 e. The second kappa shape index (κ2) is 64.1. The summed E-state index contributed by atoms with van der Waals surface area (Å²) >= 11 is 0. The molecule has 0 heterocycles. The minimum atomic E-state index is -1.30. The van der Waals surface area contributed by atoms with Crippen molar-refractivity contribution in [2.75, 3.05) is 6.61 Å². The molecule has 6 nitrogen and oxygen atoms in total. The van der Waals surface area contributed by atoms with Gasteiger partial charge in [0.05, 0.1) is 18.8 Å². The Bertz CT molecular complexity index is 1250. The highest BCUT2D eigenvalue weighted by Crippen LogP contribution is 2.18. The lowest BCUT2D eigenvalue weighted by atomic mass is 10.00. The van der Waals surface area contributed by atoms with Gasteiger partial charge in [0.1, 0.15) is 12.2 Å². The first-order valence-electron chi connectivity index (χ1n) is 34.0. The van der Waals surface area contributed by atoms with Crippen LogP contribution in [0.2, 0.25) is 0 Å². The molecule has 448 valence electrons. The summed E-state index contributed by atoms with van der Waals surface area (Å²) in [6, 6.07) is -1.01. The van der Waals surface area contributed by atoms with E-state index in [4.69, 9.17) is 0 Å². The number of allylic oxidation sites excluding steroid dienone is 8. The van der Waals surface area contributed by atoms with Gasteiger partial charge in [-0.15, -0.1) is 0 Å². The summed E-state index contributed by atoms with van der Waals surface area (Å²) in [6.07, 6.45) is 83.8. The molecule has 0 aliphatic heterocycles. The highest BCUT2D eigenvalue weighted by molar-refractivity contribution is 5.80. The molecule has 0 spiro atoms. The Morgan fingerprint density at radius 2 is 0.553 bits per heavy atom. The molecular weight excluding hydrogens is 935 g/mol. The summed E-state index contributed by atoms with van der Waals surface area (Å²) in [7, 11) is 0. The number of amides is 1. The number of rotatable bonds is 63. The highest BCUT2D eigenvalue weighted by Gasteiger charge is 2.28. The molecule has 0 aromatic rings. The van der Waals surface area contributed by atoms with Crippen LogP contribution >= 0.6 is 0 Å². The van der Waals surface area contributed by atoms with Crippen molar-refractivity contribution < 1.29 is 25.2 Å². The summed E-state index contributed by atoms with van der Waals surface area (Å²) in [4.78, 5) is 12.6. The molecule has 6 heteroatoms. The van der Waals surface area contributed by atoms with Gasteiger partial charge in [0.15, 0.2) is 0 Å². The Morgan fingerprint density at radius 3 is 0.829 bits per heavy atom. The van der Waals surface area contributed by atoms with Gasteiger partial charge in [-0.2, -0.15) is 0 Å². The van der Waals surface area contributed by atoms with Crippen molar-refractivity contribution in [3.8, 4) is 0 Å². The number of unbranched alkanes of at least 4 members (excludes halogenated alkanes) is 46. The lowest BCUT2D eigenvalue weighted by Gasteiger charge is -2.27. The molecule has 0 aliphatic rings. The molecule has 0 saturated carbocycles. The second-order valence-corrected chi connectivity index (χ2v) is 23.5. The molecule has 0 aromatic heterocycles. The van der Waals surface area contributed by atoms with Crippen molar-refractivity contribution in [3.63, 3.8) is 0 Å². The van der Waals surface area contributed by atoms with Gasteiger partial charge >= 0.3 is 0 Å². The summed E-state index contributed by atoms with van der Waals surface area (Å²) < 4.78 is 0. The summed E-state index contributed by atoms with van der Waals surface area (Å²) in [5.41, 5.74) is 0. The zero-order valence-corrected chi connectivity index (χ0v) is 51.0. The van der Waals surface area contributed by atoms with Gasteiger partial charge < -0.3 is 25.7 Å². The van der Waals surface area contributed by atoms with E-state index in [-0.39, 0.29) is 0 Å². The van der Waals surface area contributed by atoms with E-state index >= 15 is 0 Å². The number of aliphatic hydroxyl groups is 4. The minimum absolute atomic E-state index is 0.360. The van der Waals surface area contributed by atoms with Gasteiger partial charge in [0, 0.05) is 0 Å². The Hall–Kier alpha value is -1.73.